The zero-order chi connectivity index (χ0) is 35.2. The number of carbonyl (C=O) groups is 1. The Bertz CT molecular complexity index is 1550. The number of aromatic nitrogens is 4. The Morgan fingerprint density at radius 2 is 1.58 bits per heavy atom. The van der Waals surface area contributed by atoms with Crippen molar-refractivity contribution < 1.29 is 28.2 Å². The summed E-state index contributed by atoms with van der Waals surface area (Å²) in [4.78, 5) is 26.7. The van der Waals surface area contributed by atoms with E-state index in [-0.39, 0.29) is 24.0 Å². The molecule has 262 valence electrons. The average Bonchev–Trinajstić information content (AvgIpc) is 3.32. The number of nitrogens with zero attached hydrogens (tertiary/aromatic N) is 4. The third kappa shape index (κ3) is 7.33. The number of hydrogen-bond acceptors (Lipinski definition) is 9. The molecule has 48 heavy (non-hydrogen) atoms. The highest BCUT2D eigenvalue weighted by Gasteiger charge is 2.73. The van der Waals surface area contributed by atoms with E-state index < -0.39 is 37.6 Å². The number of amides is 1. The van der Waals surface area contributed by atoms with Crippen molar-refractivity contribution in [1.82, 2.24) is 19.5 Å². The number of benzene rings is 1. The highest BCUT2D eigenvalue weighted by molar-refractivity contribution is 6.77. The van der Waals surface area contributed by atoms with Gasteiger partial charge in [-0.25, -0.2) is 15.0 Å². The second-order valence-electron chi connectivity index (χ2n) is 15.8. The molecule has 5 rings (SSSR count). The van der Waals surface area contributed by atoms with Gasteiger partial charge in [0.1, 0.15) is 40.1 Å². The van der Waals surface area contributed by atoms with Crippen LogP contribution in [-0.2, 0) is 23.4 Å². The van der Waals surface area contributed by atoms with E-state index in [9.17, 15) is 4.79 Å². The van der Waals surface area contributed by atoms with Gasteiger partial charge in [0.15, 0.2) is 23.2 Å². The predicted octanol–water partition coefficient (Wildman–Crippen LogP) is 6.88. The van der Waals surface area contributed by atoms with Crippen molar-refractivity contribution >= 4 is 40.7 Å². The molecule has 2 saturated heterocycles. The van der Waals surface area contributed by atoms with Crippen LogP contribution in [0.5, 0.6) is 0 Å². The van der Waals surface area contributed by atoms with Crippen molar-refractivity contribution in [2.24, 2.45) is 0 Å². The molecule has 0 bridgehead atoms. The van der Waals surface area contributed by atoms with Gasteiger partial charge in [-0.2, -0.15) is 0 Å². The Morgan fingerprint density at radius 3 is 2.17 bits per heavy atom. The maximum Gasteiger partial charge on any atom is 0.256 e. The number of fused-ring (bicyclic) bond motifs is 1. The van der Waals surface area contributed by atoms with Crippen LogP contribution in [0.2, 0.25) is 16.6 Å². The van der Waals surface area contributed by atoms with Crippen molar-refractivity contribution in [3.05, 3.63) is 48.5 Å². The van der Waals surface area contributed by atoms with Crippen LogP contribution >= 0.6 is 0 Å². The molecule has 11 nitrogen and oxygen atoms in total. The lowest BCUT2D eigenvalue weighted by Crippen LogP contribution is -2.49. The predicted molar refractivity (Wildman–Crippen MR) is 189 cm³/mol. The Morgan fingerprint density at radius 1 is 0.958 bits per heavy atom. The molecule has 2 aromatic heterocycles. The van der Waals surface area contributed by atoms with Gasteiger partial charge in [0, 0.05) is 5.56 Å². The first-order chi connectivity index (χ1) is 22.4. The van der Waals surface area contributed by atoms with Gasteiger partial charge in [-0.3, -0.25) is 9.36 Å². The molecular weight excluding hydrogens is 643 g/mol. The molecule has 1 spiro atoms. The van der Waals surface area contributed by atoms with E-state index >= 15 is 0 Å². The Kier molecular flexibility index (Phi) is 10.4. The van der Waals surface area contributed by atoms with Crippen molar-refractivity contribution in [2.45, 2.75) is 140 Å². The van der Waals surface area contributed by atoms with Crippen LogP contribution in [0.4, 0.5) is 5.82 Å². The van der Waals surface area contributed by atoms with Gasteiger partial charge >= 0.3 is 0 Å². The summed E-state index contributed by atoms with van der Waals surface area (Å²) in [5.74, 6) is 0.0279. The summed E-state index contributed by atoms with van der Waals surface area (Å²) in [5, 5.41) is 2.19. The maximum absolute atomic E-state index is 13.0. The molecule has 0 saturated carbocycles. The normalized spacial score (nSPS) is 24.8. The lowest BCUT2D eigenvalue weighted by atomic mass is 10.1. The maximum atomic E-state index is 13.0. The summed E-state index contributed by atoms with van der Waals surface area (Å²) in [7, 11) is -1.88. The number of anilines is 1. The smallest absolute Gasteiger partial charge is 0.256 e. The van der Waals surface area contributed by atoms with Crippen LogP contribution in [0, 0.1) is 0 Å². The number of rotatable bonds is 12. The first kappa shape index (κ1) is 36.7. The van der Waals surface area contributed by atoms with Crippen molar-refractivity contribution in [3.8, 4) is 0 Å². The molecule has 1 N–H and O–H groups in total. The molecule has 2 aliphatic heterocycles. The summed E-state index contributed by atoms with van der Waals surface area (Å²) in [6.07, 6.45) is 1.41. The topological polar surface area (TPSA) is 119 Å². The van der Waals surface area contributed by atoms with Crippen molar-refractivity contribution in [1.29, 1.82) is 0 Å². The monoisotopic (exact) mass is 695 g/mol. The summed E-state index contributed by atoms with van der Waals surface area (Å²) < 4.78 is 35.9. The van der Waals surface area contributed by atoms with Gasteiger partial charge in [0.05, 0.1) is 23.3 Å². The van der Waals surface area contributed by atoms with E-state index in [4.69, 9.17) is 23.4 Å². The fraction of sp³-hybridized carbons (Fsp3) is 0.657. The lowest BCUT2D eigenvalue weighted by molar-refractivity contribution is -0.158. The van der Waals surface area contributed by atoms with Gasteiger partial charge < -0.3 is 28.7 Å². The van der Waals surface area contributed by atoms with Crippen LogP contribution in [0.3, 0.4) is 0 Å². The van der Waals surface area contributed by atoms with Crippen LogP contribution in [0.15, 0.2) is 43.0 Å². The molecule has 3 aromatic rings. The van der Waals surface area contributed by atoms with E-state index in [1.165, 1.54) is 6.33 Å². The summed E-state index contributed by atoms with van der Waals surface area (Å²) in [6, 6.07) is 9.00. The van der Waals surface area contributed by atoms with Crippen LogP contribution in [-0.4, -0.2) is 84.4 Å². The van der Waals surface area contributed by atoms with Gasteiger partial charge in [0.25, 0.3) is 5.91 Å². The third-order valence-electron chi connectivity index (χ3n) is 9.11. The van der Waals surface area contributed by atoms with Gasteiger partial charge in [-0.05, 0) is 70.3 Å². The second-order valence-corrected chi connectivity index (χ2v) is 22.8. The SMILES string of the molecule is CC(C)[Si](OCO[C@H]1[C@H](n2cnc3c(NC(=O)c4ccccc4)ncnc32)O[C@@]2([Si]C2OC(C)(C)C)[C@H]1OC(C)(C)C)(C(C)C)C(C)C. The number of imidazole rings is 1. The molecule has 2 radical (unpaired) electrons. The molecular formula is C35H53N5O6Si2. The highest BCUT2D eigenvalue weighted by Crippen LogP contribution is 2.53. The van der Waals surface area contributed by atoms with E-state index in [1.807, 2.05) is 43.5 Å². The van der Waals surface area contributed by atoms with Gasteiger partial charge in [0.2, 0.25) is 8.32 Å². The quantitative estimate of drug-likeness (QED) is 0.160. The molecule has 13 heteroatoms. The fourth-order valence-electron chi connectivity index (χ4n) is 7.22. The van der Waals surface area contributed by atoms with Gasteiger partial charge in [-0.1, -0.05) is 59.7 Å². The molecule has 4 heterocycles. The molecule has 2 aliphatic rings. The highest BCUT2D eigenvalue weighted by atomic mass is 28.4. The van der Waals surface area contributed by atoms with Crippen molar-refractivity contribution in [2.75, 3.05) is 12.1 Å². The molecule has 1 unspecified atom stereocenters. The summed E-state index contributed by atoms with van der Waals surface area (Å²) in [5.41, 5.74) is 1.65. The lowest BCUT2D eigenvalue weighted by Gasteiger charge is -2.42. The minimum absolute atomic E-state index is 0.110. The minimum Gasteiger partial charge on any atom is -0.394 e. The average molecular weight is 696 g/mol. The van der Waals surface area contributed by atoms with E-state index in [0.717, 1.165) is 0 Å². The fourth-order valence-corrected chi connectivity index (χ4v) is 14.1. The Labute approximate surface area is 288 Å². The van der Waals surface area contributed by atoms with Crippen LogP contribution in [0.25, 0.3) is 11.2 Å². The first-order valence-electron chi connectivity index (χ1n) is 17.0. The van der Waals surface area contributed by atoms with Gasteiger partial charge in [-0.15, -0.1) is 0 Å². The number of nitrogens with one attached hydrogen (secondary N) is 1. The number of carbonyl (C=O) groups excluding carboxylic acids is 1. The standard InChI is InChI=1S/C35H53N5O6Si2/c1-21(2)48(22(3)4,23(5)6)43-20-42-26-27(44-33(7,8)9)35(32(47-35)46-34(10,11)12)45-31(26)40-19-38-25-28(36-18-37-29(25)40)39-30(41)24-16-14-13-15-17-24/h13-19,21-23,26-27,31-32H,20H2,1-12H3,(H,36,37,39,41)/t26-,27+,31-,32?,35-/m1/s1. The largest absolute Gasteiger partial charge is 0.394 e. The molecule has 1 aromatic carbocycles. The molecule has 5 atom stereocenters. The third-order valence-corrected chi connectivity index (χ3v) is 16.8. The minimum atomic E-state index is -2.23. The second kappa shape index (κ2) is 13.6. The molecule has 2 fully saturated rings. The Hall–Kier alpha value is -2.53. The number of ether oxygens (including phenoxy) is 4. The summed E-state index contributed by atoms with van der Waals surface area (Å²) in [6.45, 7) is 26.0. The Balaban J connectivity index is 1.52. The van der Waals surface area contributed by atoms with E-state index in [2.05, 4.69) is 82.6 Å². The van der Waals surface area contributed by atoms with E-state index in [1.54, 1.807) is 18.5 Å². The van der Waals surface area contributed by atoms with Crippen LogP contribution in [0.1, 0.15) is 99.7 Å². The van der Waals surface area contributed by atoms with E-state index in [0.29, 0.717) is 48.7 Å². The summed E-state index contributed by atoms with van der Waals surface area (Å²) >= 11 is 0. The van der Waals surface area contributed by atoms with Crippen molar-refractivity contribution in [3.63, 3.8) is 0 Å². The zero-order valence-corrected chi connectivity index (χ0v) is 32.5. The zero-order valence-electron chi connectivity index (χ0n) is 30.5. The number of hydrogen-bond donors (Lipinski definition) is 1. The molecule has 1 amide bonds. The first-order valence-corrected chi connectivity index (χ1v) is 20.2. The van der Waals surface area contributed by atoms with Crippen LogP contribution < -0.4 is 5.32 Å². The molecule has 0 aliphatic carbocycles.